The molecule has 98 valence electrons. The number of nitrogens with one attached hydrogen (secondary N) is 1. The van der Waals surface area contributed by atoms with Crippen LogP contribution in [0.25, 0.3) is 0 Å². The molecule has 1 unspecified atom stereocenters. The van der Waals surface area contributed by atoms with E-state index in [4.69, 9.17) is 0 Å². The topological polar surface area (TPSA) is 49.3 Å². The molecule has 0 radical (unpaired) electrons. The number of carbonyl (C=O) groups is 1. The van der Waals surface area contributed by atoms with Crippen LogP contribution in [0.4, 0.5) is 0 Å². The van der Waals surface area contributed by atoms with Crippen LogP contribution in [0, 0.1) is 0 Å². The zero-order valence-electron chi connectivity index (χ0n) is 10.2. The van der Waals surface area contributed by atoms with Crippen LogP contribution in [0.5, 0.6) is 0 Å². The lowest BCUT2D eigenvalue weighted by Gasteiger charge is -2.14. The SMILES string of the molecule is O=C(O)C(NCc1ccc(Br)cc1)c1ccccc1. The Bertz CT molecular complexity index is 540. The van der Waals surface area contributed by atoms with Crippen molar-refractivity contribution in [3.63, 3.8) is 0 Å². The van der Waals surface area contributed by atoms with E-state index in [9.17, 15) is 9.90 Å². The third-order valence-corrected chi connectivity index (χ3v) is 3.33. The number of benzene rings is 2. The molecule has 0 aliphatic carbocycles. The van der Waals surface area contributed by atoms with Gasteiger partial charge >= 0.3 is 5.97 Å². The predicted octanol–water partition coefficient (Wildman–Crippen LogP) is 3.36. The molecule has 2 rings (SSSR count). The molecule has 0 amide bonds. The van der Waals surface area contributed by atoms with Crippen LogP contribution < -0.4 is 5.32 Å². The predicted molar refractivity (Wildman–Crippen MR) is 77.8 cm³/mol. The molecule has 0 spiro atoms. The maximum atomic E-state index is 11.3. The summed E-state index contributed by atoms with van der Waals surface area (Å²) in [6, 6.07) is 16.3. The summed E-state index contributed by atoms with van der Waals surface area (Å²) in [4.78, 5) is 11.3. The van der Waals surface area contributed by atoms with Crippen LogP contribution in [-0.2, 0) is 11.3 Å². The van der Waals surface area contributed by atoms with E-state index in [1.165, 1.54) is 0 Å². The van der Waals surface area contributed by atoms with Gasteiger partial charge in [0.1, 0.15) is 6.04 Å². The monoisotopic (exact) mass is 319 g/mol. The number of halogens is 1. The van der Waals surface area contributed by atoms with Gasteiger partial charge in [-0.25, -0.2) is 0 Å². The normalized spacial score (nSPS) is 12.1. The molecule has 0 saturated heterocycles. The second-order valence-corrected chi connectivity index (χ2v) is 5.10. The molecule has 0 fully saturated rings. The minimum Gasteiger partial charge on any atom is -0.480 e. The zero-order chi connectivity index (χ0) is 13.7. The quantitative estimate of drug-likeness (QED) is 0.888. The summed E-state index contributed by atoms with van der Waals surface area (Å²) < 4.78 is 1.01. The average Bonchev–Trinajstić information content (AvgIpc) is 2.42. The summed E-state index contributed by atoms with van der Waals surface area (Å²) in [5, 5.41) is 12.3. The molecule has 2 aromatic carbocycles. The number of hydrogen-bond acceptors (Lipinski definition) is 2. The Kier molecular flexibility index (Phi) is 4.71. The van der Waals surface area contributed by atoms with Crippen LogP contribution >= 0.6 is 15.9 Å². The first-order valence-corrected chi connectivity index (χ1v) is 6.71. The number of aliphatic carboxylic acids is 1. The first-order valence-electron chi connectivity index (χ1n) is 5.92. The van der Waals surface area contributed by atoms with Crippen molar-refractivity contribution >= 4 is 21.9 Å². The molecule has 2 N–H and O–H groups in total. The van der Waals surface area contributed by atoms with Crippen molar-refractivity contribution in [2.45, 2.75) is 12.6 Å². The van der Waals surface area contributed by atoms with Crippen LogP contribution in [0.1, 0.15) is 17.2 Å². The van der Waals surface area contributed by atoms with E-state index in [1.54, 1.807) is 0 Å². The molecule has 0 saturated carbocycles. The largest absolute Gasteiger partial charge is 0.480 e. The van der Waals surface area contributed by atoms with Gasteiger partial charge in [-0.05, 0) is 23.3 Å². The average molecular weight is 320 g/mol. The molecule has 0 aliphatic rings. The Labute approximate surface area is 120 Å². The maximum absolute atomic E-state index is 11.3. The summed E-state index contributed by atoms with van der Waals surface area (Å²) in [6.07, 6.45) is 0. The Morgan fingerprint density at radius 1 is 1.11 bits per heavy atom. The van der Waals surface area contributed by atoms with Gasteiger partial charge in [-0.1, -0.05) is 58.4 Å². The van der Waals surface area contributed by atoms with Crippen LogP contribution in [0.15, 0.2) is 59.1 Å². The van der Waals surface area contributed by atoms with Gasteiger partial charge < -0.3 is 5.11 Å². The summed E-state index contributed by atoms with van der Waals surface area (Å²) in [6.45, 7) is 0.513. The van der Waals surface area contributed by atoms with Crippen molar-refractivity contribution in [3.05, 3.63) is 70.2 Å². The smallest absolute Gasteiger partial charge is 0.325 e. The van der Waals surface area contributed by atoms with Gasteiger partial charge in [0.2, 0.25) is 0 Å². The Morgan fingerprint density at radius 3 is 2.32 bits per heavy atom. The zero-order valence-corrected chi connectivity index (χ0v) is 11.8. The summed E-state index contributed by atoms with van der Waals surface area (Å²) in [5.74, 6) is -0.872. The van der Waals surface area contributed by atoms with Crippen molar-refractivity contribution in [2.75, 3.05) is 0 Å². The fraction of sp³-hybridized carbons (Fsp3) is 0.133. The summed E-state index contributed by atoms with van der Waals surface area (Å²) in [7, 11) is 0. The third-order valence-electron chi connectivity index (χ3n) is 2.80. The fourth-order valence-electron chi connectivity index (χ4n) is 1.82. The second-order valence-electron chi connectivity index (χ2n) is 4.19. The lowest BCUT2D eigenvalue weighted by atomic mass is 10.1. The molecular formula is C15H14BrNO2. The van der Waals surface area contributed by atoms with Crippen molar-refractivity contribution in [3.8, 4) is 0 Å². The van der Waals surface area contributed by atoms with E-state index >= 15 is 0 Å². The van der Waals surface area contributed by atoms with Crippen molar-refractivity contribution < 1.29 is 9.90 Å². The fourth-order valence-corrected chi connectivity index (χ4v) is 2.08. The van der Waals surface area contributed by atoms with E-state index in [2.05, 4.69) is 21.2 Å². The summed E-state index contributed by atoms with van der Waals surface area (Å²) >= 11 is 3.37. The third kappa shape index (κ3) is 3.91. The molecule has 2 aromatic rings. The van der Waals surface area contributed by atoms with E-state index in [0.29, 0.717) is 6.54 Å². The van der Waals surface area contributed by atoms with E-state index in [0.717, 1.165) is 15.6 Å². The minimum absolute atomic E-state index is 0.513. The first-order chi connectivity index (χ1) is 9.16. The summed E-state index contributed by atoms with van der Waals surface area (Å²) in [5.41, 5.74) is 1.80. The number of hydrogen-bond donors (Lipinski definition) is 2. The Balaban J connectivity index is 2.06. The molecular weight excluding hydrogens is 306 g/mol. The standard InChI is InChI=1S/C15H14BrNO2/c16-13-8-6-11(7-9-13)10-17-14(15(18)19)12-4-2-1-3-5-12/h1-9,14,17H,10H2,(H,18,19). The maximum Gasteiger partial charge on any atom is 0.325 e. The van der Waals surface area contributed by atoms with Gasteiger partial charge in [0.15, 0.2) is 0 Å². The molecule has 0 aliphatic heterocycles. The van der Waals surface area contributed by atoms with Gasteiger partial charge in [-0.2, -0.15) is 0 Å². The highest BCUT2D eigenvalue weighted by molar-refractivity contribution is 9.10. The van der Waals surface area contributed by atoms with Crippen LogP contribution in [0.2, 0.25) is 0 Å². The van der Waals surface area contributed by atoms with Gasteiger partial charge in [-0.3, -0.25) is 10.1 Å². The highest BCUT2D eigenvalue weighted by atomic mass is 79.9. The van der Waals surface area contributed by atoms with Crippen LogP contribution in [0.3, 0.4) is 0 Å². The number of carboxylic acid groups (broad SMARTS) is 1. The van der Waals surface area contributed by atoms with Gasteiger partial charge in [0.05, 0.1) is 0 Å². The Morgan fingerprint density at radius 2 is 1.74 bits per heavy atom. The molecule has 3 nitrogen and oxygen atoms in total. The van der Waals surface area contributed by atoms with Crippen molar-refractivity contribution in [1.29, 1.82) is 0 Å². The van der Waals surface area contributed by atoms with Crippen molar-refractivity contribution in [1.82, 2.24) is 5.32 Å². The minimum atomic E-state index is -0.872. The van der Waals surface area contributed by atoms with E-state index < -0.39 is 12.0 Å². The highest BCUT2D eigenvalue weighted by Gasteiger charge is 2.18. The molecule has 0 bridgehead atoms. The van der Waals surface area contributed by atoms with Crippen LogP contribution in [-0.4, -0.2) is 11.1 Å². The number of carboxylic acids is 1. The molecule has 0 aromatic heterocycles. The van der Waals surface area contributed by atoms with Gasteiger partial charge in [0, 0.05) is 11.0 Å². The highest BCUT2D eigenvalue weighted by Crippen LogP contribution is 2.15. The Hall–Kier alpha value is -1.65. The molecule has 19 heavy (non-hydrogen) atoms. The molecule has 1 atom stereocenters. The van der Waals surface area contributed by atoms with Gasteiger partial charge in [-0.15, -0.1) is 0 Å². The number of rotatable bonds is 5. The van der Waals surface area contributed by atoms with Crippen molar-refractivity contribution in [2.24, 2.45) is 0 Å². The van der Waals surface area contributed by atoms with E-state index in [-0.39, 0.29) is 0 Å². The van der Waals surface area contributed by atoms with E-state index in [1.807, 2.05) is 54.6 Å². The first kappa shape index (κ1) is 13.8. The second kappa shape index (κ2) is 6.50. The lowest BCUT2D eigenvalue weighted by Crippen LogP contribution is -2.28. The molecule has 0 heterocycles. The van der Waals surface area contributed by atoms with Gasteiger partial charge in [0.25, 0.3) is 0 Å². The lowest BCUT2D eigenvalue weighted by molar-refractivity contribution is -0.139. The molecule has 4 heteroatoms.